The second-order valence-corrected chi connectivity index (χ2v) is 6.97. The zero-order valence-electron chi connectivity index (χ0n) is 14.1. The third-order valence-electron chi connectivity index (χ3n) is 5.23. The molecule has 10 heteroatoms. The van der Waals surface area contributed by atoms with E-state index in [0.29, 0.717) is 31.4 Å². The molecule has 0 heterocycles. The van der Waals surface area contributed by atoms with Crippen LogP contribution in [0.5, 0.6) is 5.75 Å². The van der Waals surface area contributed by atoms with Gasteiger partial charge >= 0.3 is 18.1 Å². The molecule has 0 aliphatic heterocycles. The van der Waals surface area contributed by atoms with Crippen LogP contribution < -0.4 is 5.32 Å². The average molecular weight is 393 g/mol. The molecule has 2 fully saturated rings. The largest absolute Gasteiger partial charge is 0.508 e. The Morgan fingerprint density at radius 2 is 1.67 bits per heavy atom. The predicted molar refractivity (Wildman–Crippen MR) is 84.5 cm³/mol. The molecule has 0 spiro atoms. The van der Waals surface area contributed by atoms with E-state index in [1.165, 1.54) is 18.2 Å². The summed E-state index contributed by atoms with van der Waals surface area (Å²) in [5.41, 5.74) is -0.229. The number of fused-ring (bicyclic) bond motifs is 2. The molecule has 0 atom stereocenters. The van der Waals surface area contributed by atoms with Crippen molar-refractivity contribution in [1.82, 2.24) is 5.32 Å². The Bertz CT molecular complexity index is 727. The summed E-state index contributed by atoms with van der Waals surface area (Å²) in [5, 5.41) is 29.6. The fraction of sp³-hybridized carbons (Fsp3) is 0.529. The van der Waals surface area contributed by atoms with E-state index >= 15 is 0 Å². The van der Waals surface area contributed by atoms with Crippen LogP contribution in [-0.2, 0) is 16.1 Å². The maximum atomic E-state index is 13.2. The van der Waals surface area contributed by atoms with E-state index in [2.05, 4.69) is 5.32 Å². The van der Waals surface area contributed by atoms with Gasteiger partial charge in [-0.25, -0.2) is 9.18 Å². The van der Waals surface area contributed by atoms with Crippen molar-refractivity contribution in [3.05, 3.63) is 29.6 Å². The van der Waals surface area contributed by atoms with E-state index in [1.54, 1.807) is 0 Å². The minimum Gasteiger partial charge on any atom is -0.508 e. The van der Waals surface area contributed by atoms with Gasteiger partial charge in [-0.05, 0) is 50.3 Å². The predicted octanol–water partition coefficient (Wildman–Crippen LogP) is 3.04. The van der Waals surface area contributed by atoms with E-state index < -0.39 is 23.5 Å². The number of halogens is 4. The molecule has 6 nitrogen and oxygen atoms in total. The van der Waals surface area contributed by atoms with Crippen molar-refractivity contribution >= 4 is 11.9 Å². The quantitative estimate of drug-likeness (QED) is 0.586. The molecule has 1 aromatic carbocycles. The molecule has 2 aliphatic carbocycles. The third-order valence-corrected chi connectivity index (χ3v) is 5.23. The molecular weight excluding hydrogens is 374 g/mol. The van der Waals surface area contributed by atoms with Crippen molar-refractivity contribution < 1.29 is 42.5 Å². The van der Waals surface area contributed by atoms with Gasteiger partial charge in [0.05, 0.1) is 5.41 Å². The van der Waals surface area contributed by atoms with Gasteiger partial charge in [-0.2, -0.15) is 13.2 Å². The number of hydrogen-bond acceptors (Lipinski definition) is 4. The Balaban J connectivity index is 0.000000321. The number of phenolic OH excluding ortho intramolecular Hbond substituents is 1. The first-order valence-corrected chi connectivity index (χ1v) is 8.15. The number of carbonyl (C=O) groups is 2. The van der Waals surface area contributed by atoms with E-state index in [-0.39, 0.29) is 17.1 Å². The summed E-state index contributed by atoms with van der Waals surface area (Å²) in [5.74, 6) is -3.77. The Kier molecular flexibility index (Phi) is 5.69. The molecule has 0 unspecified atom stereocenters. The maximum absolute atomic E-state index is 13.2. The summed E-state index contributed by atoms with van der Waals surface area (Å²) in [6, 6.07) is 3.87. The topological polar surface area (TPSA) is 107 Å². The Morgan fingerprint density at radius 1 is 1.11 bits per heavy atom. The molecule has 1 aromatic rings. The van der Waals surface area contributed by atoms with E-state index in [1.807, 2.05) is 0 Å². The van der Waals surface area contributed by atoms with Crippen LogP contribution in [0.4, 0.5) is 17.6 Å². The number of aromatic hydroxyl groups is 1. The number of rotatable bonds is 4. The van der Waals surface area contributed by atoms with Crippen LogP contribution in [0, 0.1) is 11.2 Å². The monoisotopic (exact) mass is 393 g/mol. The summed E-state index contributed by atoms with van der Waals surface area (Å²) in [4.78, 5) is 20.3. The fourth-order valence-corrected chi connectivity index (χ4v) is 3.72. The third kappa shape index (κ3) is 4.68. The van der Waals surface area contributed by atoms with E-state index in [0.717, 1.165) is 12.8 Å². The lowest BCUT2D eigenvalue weighted by Crippen LogP contribution is -2.40. The van der Waals surface area contributed by atoms with Gasteiger partial charge in [0.2, 0.25) is 0 Å². The van der Waals surface area contributed by atoms with Crippen LogP contribution >= 0.6 is 0 Å². The highest BCUT2D eigenvalue weighted by Crippen LogP contribution is 2.56. The first-order chi connectivity index (χ1) is 12.4. The molecule has 2 aliphatic rings. The van der Waals surface area contributed by atoms with Gasteiger partial charge in [0.15, 0.2) is 0 Å². The van der Waals surface area contributed by atoms with Crippen LogP contribution in [-0.4, -0.2) is 39.0 Å². The first-order valence-electron chi connectivity index (χ1n) is 8.15. The Morgan fingerprint density at radius 3 is 2.11 bits per heavy atom. The van der Waals surface area contributed by atoms with Crippen LogP contribution in [0.15, 0.2) is 18.2 Å². The van der Waals surface area contributed by atoms with Gasteiger partial charge in [0.1, 0.15) is 11.6 Å². The fourth-order valence-electron chi connectivity index (χ4n) is 3.72. The number of nitrogens with one attached hydrogen (secondary N) is 1. The molecule has 27 heavy (non-hydrogen) atoms. The lowest BCUT2D eigenvalue weighted by atomic mass is 9.84. The highest BCUT2D eigenvalue weighted by molar-refractivity contribution is 5.76. The van der Waals surface area contributed by atoms with Gasteiger partial charge in [-0.1, -0.05) is 0 Å². The second kappa shape index (κ2) is 7.34. The molecule has 0 aromatic heterocycles. The van der Waals surface area contributed by atoms with Gasteiger partial charge in [0, 0.05) is 17.6 Å². The number of hydrogen-bond donors (Lipinski definition) is 4. The van der Waals surface area contributed by atoms with E-state index in [4.69, 9.17) is 9.90 Å². The summed E-state index contributed by atoms with van der Waals surface area (Å²) < 4.78 is 44.9. The SMILES string of the molecule is O=C(O)C(F)(F)F.O=C(O)C12CCC(NCc3cc(F)ccc3O)(CC1)C2. The average Bonchev–Trinajstić information content (AvgIpc) is 3.13. The molecule has 0 radical (unpaired) electrons. The maximum Gasteiger partial charge on any atom is 0.490 e. The van der Waals surface area contributed by atoms with Crippen LogP contribution in [0.1, 0.15) is 37.7 Å². The molecule has 150 valence electrons. The molecule has 2 bridgehead atoms. The first kappa shape index (κ1) is 20.9. The van der Waals surface area contributed by atoms with Crippen molar-refractivity contribution in [2.24, 2.45) is 5.41 Å². The van der Waals surface area contributed by atoms with Crippen molar-refractivity contribution in [3.63, 3.8) is 0 Å². The van der Waals surface area contributed by atoms with E-state index in [9.17, 15) is 32.6 Å². The second-order valence-electron chi connectivity index (χ2n) is 6.97. The molecule has 0 amide bonds. The smallest absolute Gasteiger partial charge is 0.490 e. The Hall–Kier alpha value is -2.36. The zero-order valence-corrected chi connectivity index (χ0v) is 14.1. The summed E-state index contributed by atoms with van der Waals surface area (Å²) in [7, 11) is 0. The van der Waals surface area contributed by atoms with Crippen molar-refractivity contribution in [3.8, 4) is 5.75 Å². The number of carboxylic acids is 2. The minimum atomic E-state index is -5.08. The number of carboxylic acid groups (broad SMARTS) is 2. The molecule has 3 rings (SSSR count). The van der Waals surface area contributed by atoms with Crippen molar-refractivity contribution in [2.75, 3.05) is 0 Å². The normalized spacial score (nSPS) is 26.4. The molecular formula is C17H19F4NO5. The van der Waals surface area contributed by atoms with Gasteiger partial charge in [0.25, 0.3) is 0 Å². The van der Waals surface area contributed by atoms with Crippen molar-refractivity contribution in [1.29, 1.82) is 0 Å². The zero-order chi connectivity index (χ0) is 20.5. The summed E-state index contributed by atoms with van der Waals surface area (Å²) in [6.07, 6.45) is -1.40. The Labute approximate surface area is 151 Å². The van der Waals surface area contributed by atoms with Crippen LogP contribution in [0.2, 0.25) is 0 Å². The van der Waals surface area contributed by atoms with Gasteiger partial charge in [-0.15, -0.1) is 0 Å². The highest BCUT2D eigenvalue weighted by atomic mass is 19.4. The van der Waals surface area contributed by atoms with Crippen LogP contribution in [0.3, 0.4) is 0 Å². The lowest BCUT2D eigenvalue weighted by Gasteiger charge is -2.28. The molecule has 4 N–H and O–H groups in total. The number of aliphatic carboxylic acids is 2. The number of benzene rings is 1. The standard InChI is InChI=1S/C15H18FNO3.C2HF3O2/c16-11-1-2-12(18)10(7-11)8-17-15-5-3-14(9-15,4-6-15)13(19)20;3-2(4,5)1(6)7/h1-2,7,17-18H,3-6,8-9H2,(H,19,20);(H,6,7). The van der Waals surface area contributed by atoms with Gasteiger partial charge < -0.3 is 20.6 Å². The lowest BCUT2D eigenvalue weighted by molar-refractivity contribution is -0.192. The summed E-state index contributed by atoms with van der Waals surface area (Å²) in [6.45, 7) is 0.360. The molecule has 0 saturated heterocycles. The number of phenols is 1. The summed E-state index contributed by atoms with van der Waals surface area (Å²) >= 11 is 0. The van der Waals surface area contributed by atoms with Gasteiger partial charge in [-0.3, -0.25) is 4.79 Å². The minimum absolute atomic E-state index is 0.0655. The highest BCUT2D eigenvalue weighted by Gasteiger charge is 2.58. The van der Waals surface area contributed by atoms with Crippen molar-refractivity contribution in [2.45, 2.75) is 50.4 Å². The van der Waals surface area contributed by atoms with Crippen LogP contribution in [0.25, 0.3) is 0 Å². The number of alkyl halides is 3. The molecule has 2 saturated carbocycles.